The lowest BCUT2D eigenvalue weighted by atomic mass is 10.2. The van der Waals surface area contributed by atoms with E-state index in [1.54, 1.807) is 0 Å². The lowest BCUT2D eigenvalue weighted by Gasteiger charge is -2.35. The number of nitrogens with zero attached hydrogens (tertiary/aromatic N) is 4. The number of aromatic nitrogens is 3. The van der Waals surface area contributed by atoms with Crippen LogP contribution in [0.2, 0.25) is 0 Å². The summed E-state index contributed by atoms with van der Waals surface area (Å²) >= 11 is 0. The van der Waals surface area contributed by atoms with Gasteiger partial charge in [0.2, 0.25) is 0 Å². The average molecular weight is 321 g/mol. The number of anilines is 1. The van der Waals surface area contributed by atoms with Gasteiger partial charge in [0.05, 0.1) is 11.0 Å². The molecule has 0 unspecified atom stereocenters. The Morgan fingerprint density at radius 2 is 1.79 bits per heavy atom. The van der Waals surface area contributed by atoms with Gasteiger partial charge in [0.15, 0.2) is 0 Å². The van der Waals surface area contributed by atoms with Crippen molar-refractivity contribution in [3.8, 4) is 0 Å². The van der Waals surface area contributed by atoms with Crippen LogP contribution in [0.25, 0.3) is 11.0 Å². The number of rotatable bonds is 3. The minimum absolute atomic E-state index is 0.0964. The number of hydrogen-bond donors (Lipinski definition) is 1. The monoisotopic (exact) mass is 321 g/mol. The van der Waals surface area contributed by atoms with Crippen molar-refractivity contribution in [3.63, 3.8) is 0 Å². The largest absolute Gasteiger partial charge is 0.354 e. The molecule has 0 bridgehead atoms. The molecule has 1 aliphatic rings. The fourth-order valence-corrected chi connectivity index (χ4v) is 3.06. The third-order valence-corrected chi connectivity index (χ3v) is 4.39. The van der Waals surface area contributed by atoms with Crippen molar-refractivity contribution >= 4 is 16.9 Å². The molecule has 0 spiro atoms. The Morgan fingerprint density at radius 3 is 2.58 bits per heavy atom. The molecule has 0 radical (unpaired) electrons. The SMILES string of the molecule is O=c1[nH]c2ccccc2nc1CN1CCN(c2ccccn2)CC1. The van der Waals surface area contributed by atoms with Gasteiger partial charge in [-0.1, -0.05) is 18.2 Å². The quantitative estimate of drug-likeness (QED) is 0.794. The van der Waals surface area contributed by atoms with E-state index in [9.17, 15) is 4.79 Å². The summed E-state index contributed by atoms with van der Waals surface area (Å²) in [5, 5.41) is 0. The molecule has 6 nitrogen and oxygen atoms in total. The normalized spacial score (nSPS) is 15.8. The molecule has 3 heterocycles. The summed E-state index contributed by atoms with van der Waals surface area (Å²) < 4.78 is 0. The maximum atomic E-state index is 12.2. The van der Waals surface area contributed by atoms with Gasteiger partial charge in [-0.15, -0.1) is 0 Å². The molecule has 1 aliphatic heterocycles. The van der Waals surface area contributed by atoms with Crippen LogP contribution >= 0.6 is 0 Å². The molecule has 2 aromatic heterocycles. The van der Waals surface area contributed by atoms with Crippen molar-refractivity contribution < 1.29 is 0 Å². The highest BCUT2D eigenvalue weighted by molar-refractivity contribution is 5.73. The summed E-state index contributed by atoms with van der Waals surface area (Å²) in [4.78, 5) is 28.6. The summed E-state index contributed by atoms with van der Waals surface area (Å²) in [6.07, 6.45) is 1.82. The Bertz CT molecular complexity index is 885. The summed E-state index contributed by atoms with van der Waals surface area (Å²) in [6.45, 7) is 4.18. The summed E-state index contributed by atoms with van der Waals surface area (Å²) in [5.74, 6) is 1.01. The summed E-state index contributed by atoms with van der Waals surface area (Å²) in [5.41, 5.74) is 2.10. The summed E-state index contributed by atoms with van der Waals surface area (Å²) in [7, 11) is 0. The highest BCUT2D eigenvalue weighted by Gasteiger charge is 2.19. The van der Waals surface area contributed by atoms with E-state index in [1.165, 1.54) is 0 Å². The van der Waals surface area contributed by atoms with E-state index in [4.69, 9.17) is 0 Å². The molecule has 1 saturated heterocycles. The first kappa shape index (κ1) is 14.8. The van der Waals surface area contributed by atoms with Crippen molar-refractivity contribution in [2.45, 2.75) is 6.54 Å². The van der Waals surface area contributed by atoms with E-state index < -0.39 is 0 Å². The lowest BCUT2D eigenvalue weighted by Crippen LogP contribution is -2.46. The molecule has 122 valence electrons. The lowest BCUT2D eigenvalue weighted by molar-refractivity contribution is 0.246. The van der Waals surface area contributed by atoms with Crippen molar-refractivity contribution in [2.24, 2.45) is 0 Å². The number of benzene rings is 1. The predicted octanol–water partition coefficient (Wildman–Crippen LogP) is 1.64. The number of pyridine rings is 1. The number of piperazine rings is 1. The van der Waals surface area contributed by atoms with E-state index >= 15 is 0 Å². The molecule has 6 heteroatoms. The van der Waals surface area contributed by atoms with Gasteiger partial charge in [-0.25, -0.2) is 9.97 Å². The average Bonchev–Trinajstić information content (AvgIpc) is 2.64. The van der Waals surface area contributed by atoms with Crippen molar-refractivity contribution in [1.29, 1.82) is 0 Å². The fraction of sp³-hybridized carbons (Fsp3) is 0.278. The van der Waals surface area contributed by atoms with E-state index in [0.717, 1.165) is 43.0 Å². The minimum atomic E-state index is -0.0964. The van der Waals surface area contributed by atoms with Gasteiger partial charge in [0, 0.05) is 38.9 Å². The fourth-order valence-electron chi connectivity index (χ4n) is 3.06. The Balaban J connectivity index is 1.46. The highest BCUT2D eigenvalue weighted by Crippen LogP contribution is 2.14. The van der Waals surface area contributed by atoms with Crippen LogP contribution in [0.3, 0.4) is 0 Å². The zero-order chi connectivity index (χ0) is 16.4. The Labute approximate surface area is 139 Å². The van der Waals surface area contributed by atoms with E-state index in [2.05, 4.69) is 24.8 Å². The van der Waals surface area contributed by atoms with Crippen LogP contribution in [0.4, 0.5) is 5.82 Å². The van der Waals surface area contributed by atoms with Crippen LogP contribution in [-0.2, 0) is 6.54 Å². The molecular weight excluding hydrogens is 302 g/mol. The number of para-hydroxylation sites is 2. The number of hydrogen-bond acceptors (Lipinski definition) is 5. The first-order valence-corrected chi connectivity index (χ1v) is 8.16. The first-order chi connectivity index (χ1) is 11.8. The molecule has 1 N–H and O–H groups in total. The van der Waals surface area contributed by atoms with Crippen LogP contribution in [0.1, 0.15) is 5.69 Å². The highest BCUT2D eigenvalue weighted by atomic mass is 16.1. The van der Waals surface area contributed by atoms with Gasteiger partial charge in [0.1, 0.15) is 11.5 Å². The predicted molar refractivity (Wildman–Crippen MR) is 94.1 cm³/mol. The Morgan fingerprint density at radius 1 is 1.00 bits per heavy atom. The van der Waals surface area contributed by atoms with Crippen LogP contribution in [0, 0.1) is 0 Å². The molecule has 0 saturated carbocycles. The number of fused-ring (bicyclic) bond motifs is 1. The maximum absolute atomic E-state index is 12.2. The molecule has 4 rings (SSSR count). The van der Waals surface area contributed by atoms with Gasteiger partial charge in [-0.3, -0.25) is 9.69 Å². The van der Waals surface area contributed by atoms with E-state index in [0.29, 0.717) is 12.2 Å². The molecule has 1 fully saturated rings. The van der Waals surface area contributed by atoms with Gasteiger partial charge < -0.3 is 9.88 Å². The molecule has 0 atom stereocenters. The Kier molecular flexibility index (Phi) is 3.96. The van der Waals surface area contributed by atoms with Gasteiger partial charge in [-0.2, -0.15) is 0 Å². The van der Waals surface area contributed by atoms with Crippen LogP contribution < -0.4 is 10.5 Å². The molecule has 3 aromatic rings. The standard InChI is InChI=1S/C18H19N5O/c24-18-16(20-14-5-1-2-6-15(14)21-18)13-22-9-11-23(12-10-22)17-7-3-4-8-19-17/h1-8H,9-13H2,(H,21,24). The number of nitrogens with one attached hydrogen (secondary N) is 1. The molecule has 24 heavy (non-hydrogen) atoms. The van der Waals surface area contributed by atoms with Gasteiger partial charge in [-0.05, 0) is 24.3 Å². The van der Waals surface area contributed by atoms with E-state index in [-0.39, 0.29) is 5.56 Å². The maximum Gasteiger partial charge on any atom is 0.271 e. The third-order valence-electron chi connectivity index (χ3n) is 4.39. The zero-order valence-electron chi connectivity index (χ0n) is 13.4. The second-order valence-electron chi connectivity index (χ2n) is 5.98. The van der Waals surface area contributed by atoms with Crippen molar-refractivity contribution in [1.82, 2.24) is 19.9 Å². The smallest absolute Gasteiger partial charge is 0.271 e. The molecule has 1 aromatic carbocycles. The third kappa shape index (κ3) is 3.00. The topological polar surface area (TPSA) is 65.1 Å². The zero-order valence-corrected chi connectivity index (χ0v) is 13.4. The number of H-pyrrole nitrogens is 1. The summed E-state index contributed by atoms with van der Waals surface area (Å²) in [6, 6.07) is 13.6. The molecule has 0 amide bonds. The molecule has 0 aliphatic carbocycles. The molecular formula is C18H19N5O. The van der Waals surface area contributed by atoms with Gasteiger partial charge >= 0.3 is 0 Å². The second kappa shape index (κ2) is 6.41. The minimum Gasteiger partial charge on any atom is -0.354 e. The van der Waals surface area contributed by atoms with Crippen LogP contribution in [0.5, 0.6) is 0 Å². The van der Waals surface area contributed by atoms with Crippen molar-refractivity contribution in [3.05, 3.63) is 64.7 Å². The first-order valence-electron chi connectivity index (χ1n) is 8.16. The van der Waals surface area contributed by atoms with Crippen molar-refractivity contribution in [2.75, 3.05) is 31.1 Å². The Hall–Kier alpha value is -2.73. The second-order valence-corrected chi connectivity index (χ2v) is 5.98. The van der Waals surface area contributed by atoms with E-state index in [1.807, 2.05) is 48.7 Å². The van der Waals surface area contributed by atoms with Crippen LogP contribution in [0.15, 0.2) is 53.5 Å². The van der Waals surface area contributed by atoms with Crippen LogP contribution in [-0.4, -0.2) is 46.0 Å². The van der Waals surface area contributed by atoms with Gasteiger partial charge in [0.25, 0.3) is 5.56 Å². The number of aromatic amines is 1.